The number of halogens is 5. The van der Waals surface area contributed by atoms with Crippen molar-refractivity contribution in [2.75, 3.05) is 0 Å². The highest BCUT2D eigenvalue weighted by Gasteiger charge is 2.32. The van der Waals surface area contributed by atoms with Crippen molar-refractivity contribution in [3.8, 4) is 0 Å². The first-order chi connectivity index (χ1) is 8.77. The number of hydrogen-bond donors (Lipinski definition) is 0. The van der Waals surface area contributed by atoms with Gasteiger partial charge in [0.05, 0.1) is 15.9 Å². The molecule has 2 heterocycles. The molecule has 0 radical (unpaired) electrons. The molecule has 0 unspecified atom stereocenters. The second kappa shape index (κ2) is 5.30. The van der Waals surface area contributed by atoms with E-state index in [4.69, 9.17) is 11.6 Å². The molecule has 0 fully saturated rings. The van der Waals surface area contributed by atoms with Gasteiger partial charge in [-0.25, -0.2) is 0 Å². The van der Waals surface area contributed by atoms with Gasteiger partial charge in [-0.3, -0.25) is 4.79 Å². The van der Waals surface area contributed by atoms with Gasteiger partial charge in [-0.1, -0.05) is 11.6 Å². The zero-order valence-corrected chi connectivity index (χ0v) is 12.3. The van der Waals surface area contributed by atoms with Gasteiger partial charge >= 0.3 is 6.18 Å². The van der Waals surface area contributed by atoms with Crippen molar-refractivity contribution in [2.45, 2.75) is 12.7 Å². The van der Waals surface area contributed by atoms with Crippen LogP contribution < -0.4 is 5.56 Å². The van der Waals surface area contributed by atoms with Gasteiger partial charge < -0.3 is 4.57 Å². The summed E-state index contributed by atoms with van der Waals surface area (Å²) in [7, 11) is 0. The summed E-state index contributed by atoms with van der Waals surface area (Å²) in [6.45, 7) is 0.0543. The monoisotopic (exact) mass is 371 g/mol. The lowest BCUT2D eigenvalue weighted by molar-refractivity contribution is -0.138. The molecule has 0 aromatic carbocycles. The Morgan fingerprint density at radius 1 is 1.37 bits per heavy atom. The standard InChI is InChI=1S/C11H6BrClF3NOS/c12-9-2-1-7(19-9)5-17-4-6(11(14,15)16)3-8(13)10(17)18/h1-4H,5H2. The minimum absolute atomic E-state index is 0.0543. The van der Waals surface area contributed by atoms with Gasteiger partial charge in [0.1, 0.15) is 5.02 Å². The van der Waals surface area contributed by atoms with Crippen molar-refractivity contribution in [3.63, 3.8) is 0 Å². The summed E-state index contributed by atoms with van der Waals surface area (Å²) < 4.78 is 39.7. The van der Waals surface area contributed by atoms with Crippen LogP contribution >= 0.6 is 38.9 Å². The lowest BCUT2D eigenvalue weighted by atomic mass is 10.2. The molecule has 2 aromatic rings. The van der Waals surface area contributed by atoms with Crippen LogP contribution in [0.2, 0.25) is 5.02 Å². The van der Waals surface area contributed by atoms with Gasteiger partial charge in [0.2, 0.25) is 0 Å². The van der Waals surface area contributed by atoms with Gasteiger partial charge in [-0.15, -0.1) is 11.3 Å². The zero-order chi connectivity index (χ0) is 14.2. The highest BCUT2D eigenvalue weighted by molar-refractivity contribution is 9.11. The largest absolute Gasteiger partial charge is 0.417 e. The highest BCUT2D eigenvalue weighted by Crippen LogP contribution is 2.30. The summed E-state index contributed by atoms with van der Waals surface area (Å²) in [6, 6.07) is 4.14. The van der Waals surface area contributed by atoms with Gasteiger partial charge in [0.25, 0.3) is 5.56 Å². The molecule has 2 rings (SSSR count). The molecule has 8 heteroatoms. The van der Waals surface area contributed by atoms with Crippen LogP contribution in [0.25, 0.3) is 0 Å². The minimum Gasteiger partial charge on any atom is -0.308 e. The summed E-state index contributed by atoms with van der Waals surface area (Å²) in [6.07, 6.45) is -3.75. The fraction of sp³-hybridized carbons (Fsp3) is 0.182. The highest BCUT2D eigenvalue weighted by atomic mass is 79.9. The maximum atomic E-state index is 12.6. The van der Waals surface area contributed by atoms with Crippen LogP contribution in [0.3, 0.4) is 0 Å². The Labute approximate surface area is 123 Å². The Morgan fingerprint density at radius 2 is 2.05 bits per heavy atom. The van der Waals surface area contributed by atoms with Gasteiger partial charge in [0.15, 0.2) is 0 Å². The number of hydrogen-bond acceptors (Lipinski definition) is 2. The Morgan fingerprint density at radius 3 is 2.58 bits per heavy atom. The van der Waals surface area contributed by atoms with E-state index in [9.17, 15) is 18.0 Å². The Bertz CT molecular complexity index is 665. The predicted octanol–water partition coefficient (Wildman–Crippen LogP) is 4.39. The summed E-state index contributed by atoms with van der Waals surface area (Å²) in [5.41, 5.74) is -1.58. The van der Waals surface area contributed by atoms with Gasteiger partial charge in [-0.2, -0.15) is 13.2 Å². The SMILES string of the molecule is O=c1c(Cl)cc(C(F)(F)F)cn1Cc1ccc(Br)s1. The van der Waals surface area contributed by atoms with Crippen molar-refractivity contribution in [3.05, 3.63) is 54.0 Å². The molecule has 0 saturated heterocycles. The molecular weight excluding hydrogens is 367 g/mol. The van der Waals surface area contributed by atoms with Crippen LogP contribution in [-0.2, 0) is 12.7 Å². The predicted molar refractivity (Wildman–Crippen MR) is 71.8 cm³/mol. The second-order valence-corrected chi connectivity index (χ2v) is 6.67. The van der Waals surface area contributed by atoms with Crippen LogP contribution in [0.4, 0.5) is 13.2 Å². The Kier molecular flexibility index (Phi) is 4.08. The quantitative estimate of drug-likeness (QED) is 0.766. The molecule has 0 aliphatic carbocycles. The van der Waals surface area contributed by atoms with Crippen LogP contribution in [0, 0.1) is 0 Å². The van der Waals surface area contributed by atoms with Crippen LogP contribution in [0.15, 0.2) is 33.0 Å². The number of aromatic nitrogens is 1. The number of alkyl halides is 3. The smallest absolute Gasteiger partial charge is 0.308 e. The van der Waals surface area contributed by atoms with E-state index in [1.807, 2.05) is 0 Å². The van der Waals surface area contributed by atoms with Crippen molar-refractivity contribution in [1.29, 1.82) is 0 Å². The number of rotatable bonds is 2. The molecule has 0 aliphatic rings. The van der Waals surface area contributed by atoms with E-state index in [0.717, 1.165) is 19.4 Å². The summed E-state index contributed by atoms with van der Waals surface area (Å²) in [5.74, 6) is 0. The summed E-state index contributed by atoms with van der Waals surface area (Å²) >= 11 is 10.2. The first-order valence-corrected chi connectivity index (χ1v) is 6.97. The van der Waals surface area contributed by atoms with E-state index >= 15 is 0 Å². The maximum Gasteiger partial charge on any atom is 0.417 e. The molecule has 2 nitrogen and oxygen atoms in total. The molecule has 0 N–H and O–H groups in total. The molecule has 2 aromatic heterocycles. The van der Waals surface area contributed by atoms with Gasteiger partial charge in [-0.05, 0) is 34.1 Å². The lowest BCUT2D eigenvalue weighted by Crippen LogP contribution is -2.23. The Balaban J connectivity index is 2.45. The summed E-state index contributed by atoms with van der Waals surface area (Å²) in [4.78, 5) is 12.5. The molecule has 0 aliphatic heterocycles. The van der Waals surface area contributed by atoms with E-state index in [1.165, 1.54) is 11.3 Å². The minimum atomic E-state index is -4.53. The van der Waals surface area contributed by atoms with Crippen molar-refractivity contribution < 1.29 is 13.2 Å². The second-order valence-electron chi connectivity index (χ2n) is 3.71. The van der Waals surface area contributed by atoms with Crippen molar-refractivity contribution in [2.24, 2.45) is 0 Å². The third kappa shape index (κ3) is 3.40. The van der Waals surface area contributed by atoms with Gasteiger partial charge in [0, 0.05) is 11.1 Å². The molecule has 0 atom stereocenters. The topological polar surface area (TPSA) is 22.0 Å². The van der Waals surface area contributed by atoms with Crippen molar-refractivity contribution in [1.82, 2.24) is 4.57 Å². The molecular formula is C11H6BrClF3NOS. The van der Waals surface area contributed by atoms with E-state index in [2.05, 4.69) is 15.9 Å². The average Bonchev–Trinajstić information content (AvgIpc) is 2.69. The first-order valence-electron chi connectivity index (χ1n) is 4.99. The molecule has 0 bridgehead atoms. The molecule has 19 heavy (non-hydrogen) atoms. The van der Waals surface area contributed by atoms with E-state index in [-0.39, 0.29) is 6.54 Å². The first kappa shape index (κ1) is 14.6. The maximum absolute atomic E-state index is 12.6. The van der Waals surface area contributed by atoms with Crippen LogP contribution in [0.1, 0.15) is 10.4 Å². The zero-order valence-electron chi connectivity index (χ0n) is 9.17. The summed E-state index contributed by atoms with van der Waals surface area (Å²) in [5, 5.41) is -0.439. The molecule has 0 amide bonds. The van der Waals surface area contributed by atoms with E-state index < -0.39 is 22.3 Å². The molecule has 0 saturated carbocycles. The number of nitrogens with zero attached hydrogens (tertiary/aromatic N) is 1. The normalized spacial score (nSPS) is 11.8. The molecule has 102 valence electrons. The van der Waals surface area contributed by atoms with E-state index in [1.54, 1.807) is 12.1 Å². The lowest BCUT2D eigenvalue weighted by Gasteiger charge is -2.11. The average molecular weight is 373 g/mol. The number of pyridine rings is 1. The molecule has 0 spiro atoms. The fourth-order valence-electron chi connectivity index (χ4n) is 1.48. The third-order valence-corrected chi connectivity index (χ3v) is 4.20. The third-order valence-electron chi connectivity index (χ3n) is 2.32. The fourth-order valence-corrected chi connectivity index (χ4v) is 3.18. The number of thiophene rings is 1. The van der Waals surface area contributed by atoms with E-state index in [0.29, 0.717) is 6.07 Å². The van der Waals surface area contributed by atoms with Crippen molar-refractivity contribution >= 4 is 38.9 Å². The Hall–Kier alpha value is -0.790. The van der Waals surface area contributed by atoms with Crippen LogP contribution in [-0.4, -0.2) is 4.57 Å². The van der Waals surface area contributed by atoms with Crippen LogP contribution in [0.5, 0.6) is 0 Å².